The molecule has 0 radical (unpaired) electrons. The van der Waals surface area contributed by atoms with E-state index in [0.29, 0.717) is 11.5 Å². The second-order valence-corrected chi connectivity index (χ2v) is 4.78. The number of amides is 2. The van der Waals surface area contributed by atoms with Gasteiger partial charge in [0.25, 0.3) is 0 Å². The van der Waals surface area contributed by atoms with Crippen molar-refractivity contribution in [2.75, 3.05) is 12.1 Å². The number of anilines is 1. The molecule has 0 unspecified atom stereocenters. The van der Waals surface area contributed by atoms with E-state index < -0.39 is 0 Å². The molecule has 3 rings (SSSR count). The molecule has 2 aromatic rings. The van der Waals surface area contributed by atoms with E-state index in [2.05, 4.69) is 21.0 Å². The number of carbonyl (C=O) groups excluding carboxylic acids is 1. The number of aryl methyl sites for hydroxylation is 1. The van der Waals surface area contributed by atoms with Crippen LogP contribution in [0.3, 0.4) is 0 Å². The summed E-state index contributed by atoms with van der Waals surface area (Å²) in [5.74, 6) is 1.17. The molecule has 1 aliphatic heterocycles. The van der Waals surface area contributed by atoms with Crippen LogP contribution in [-0.2, 0) is 6.61 Å². The molecule has 0 aliphatic carbocycles. The molecule has 0 saturated carbocycles. The van der Waals surface area contributed by atoms with Crippen LogP contribution in [0, 0.1) is 6.92 Å². The lowest BCUT2D eigenvalue weighted by molar-refractivity contribution is 0.214. The van der Waals surface area contributed by atoms with Crippen molar-refractivity contribution in [3.05, 3.63) is 47.9 Å². The van der Waals surface area contributed by atoms with E-state index in [1.54, 1.807) is 13.2 Å². The van der Waals surface area contributed by atoms with Gasteiger partial charge < -0.3 is 4.74 Å². The Morgan fingerprint density at radius 1 is 1.18 bits per heavy atom. The number of carbonyl (C=O) groups is 1. The van der Waals surface area contributed by atoms with Gasteiger partial charge in [-0.3, -0.25) is 4.98 Å². The SMILES string of the molecule is Cc1ccccc1OCc1nccnc1N1NNN(C)C1=O. The molecule has 1 saturated heterocycles. The molecule has 1 aliphatic rings. The van der Waals surface area contributed by atoms with Crippen molar-refractivity contribution in [2.24, 2.45) is 0 Å². The molecular formula is C14H16N6O2. The monoisotopic (exact) mass is 300 g/mol. The Kier molecular flexibility index (Phi) is 3.86. The van der Waals surface area contributed by atoms with Crippen molar-refractivity contribution in [3.63, 3.8) is 0 Å². The lowest BCUT2D eigenvalue weighted by Gasteiger charge is -2.16. The summed E-state index contributed by atoms with van der Waals surface area (Å²) in [6.07, 6.45) is 3.09. The van der Waals surface area contributed by atoms with Gasteiger partial charge in [0.2, 0.25) is 0 Å². The third-order valence-corrected chi connectivity index (χ3v) is 3.23. The Balaban J connectivity index is 1.80. The number of para-hydroxylation sites is 1. The number of hydrogen-bond acceptors (Lipinski definition) is 6. The van der Waals surface area contributed by atoms with Crippen LogP contribution in [0.15, 0.2) is 36.7 Å². The summed E-state index contributed by atoms with van der Waals surface area (Å²) < 4.78 is 5.78. The summed E-state index contributed by atoms with van der Waals surface area (Å²) in [6.45, 7) is 2.18. The zero-order chi connectivity index (χ0) is 15.5. The summed E-state index contributed by atoms with van der Waals surface area (Å²) in [4.78, 5) is 20.5. The zero-order valence-corrected chi connectivity index (χ0v) is 12.3. The van der Waals surface area contributed by atoms with Crippen molar-refractivity contribution in [2.45, 2.75) is 13.5 Å². The second-order valence-electron chi connectivity index (χ2n) is 4.78. The van der Waals surface area contributed by atoms with E-state index in [1.807, 2.05) is 31.2 Å². The van der Waals surface area contributed by atoms with Crippen molar-refractivity contribution < 1.29 is 9.53 Å². The fourth-order valence-electron chi connectivity index (χ4n) is 2.03. The standard InChI is InChI=1S/C14H16N6O2/c1-10-5-3-4-6-12(10)22-9-11-13(16-8-7-15-11)20-14(21)19(2)17-18-20/h3-8,17-18H,9H2,1-2H3. The van der Waals surface area contributed by atoms with E-state index in [9.17, 15) is 4.79 Å². The average molecular weight is 300 g/mol. The van der Waals surface area contributed by atoms with Crippen LogP contribution in [0.5, 0.6) is 5.75 Å². The molecule has 2 amide bonds. The minimum Gasteiger partial charge on any atom is -0.487 e. The predicted molar refractivity (Wildman–Crippen MR) is 79.5 cm³/mol. The minimum atomic E-state index is -0.280. The van der Waals surface area contributed by atoms with Crippen molar-refractivity contribution >= 4 is 11.8 Å². The topological polar surface area (TPSA) is 82.6 Å². The van der Waals surface area contributed by atoms with Crippen LogP contribution in [0.4, 0.5) is 10.6 Å². The van der Waals surface area contributed by atoms with Gasteiger partial charge in [-0.15, -0.1) is 11.1 Å². The van der Waals surface area contributed by atoms with Gasteiger partial charge in [0.15, 0.2) is 5.82 Å². The molecule has 114 valence electrons. The molecule has 0 atom stereocenters. The summed E-state index contributed by atoms with van der Waals surface area (Å²) in [5.41, 5.74) is 6.99. The Bertz CT molecular complexity index is 693. The molecule has 2 heterocycles. The number of rotatable bonds is 4. The highest BCUT2D eigenvalue weighted by Gasteiger charge is 2.29. The van der Waals surface area contributed by atoms with Gasteiger partial charge in [-0.2, -0.15) is 5.01 Å². The van der Waals surface area contributed by atoms with Gasteiger partial charge >= 0.3 is 6.03 Å². The average Bonchev–Trinajstić information content (AvgIpc) is 2.86. The van der Waals surface area contributed by atoms with Crippen LogP contribution < -0.4 is 20.8 Å². The summed E-state index contributed by atoms with van der Waals surface area (Å²) in [6, 6.07) is 7.43. The van der Waals surface area contributed by atoms with Crippen molar-refractivity contribution in [1.29, 1.82) is 0 Å². The Labute approximate surface area is 127 Å². The lowest BCUT2D eigenvalue weighted by Crippen LogP contribution is -2.39. The third kappa shape index (κ3) is 2.69. The van der Waals surface area contributed by atoms with Crippen molar-refractivity contribution in [1.82, 2.24) is 26.0 Å². The number of nitrogens with zero attached hydrogens (tertiary/aromatic N) is 4. The van der Waals surface area contributed by atoms with E-state index in [0.717, 1.165) is 11.3 Å². The maximum atomic E-state index is 12.0. The Hall–Kier alpha value is -2.71. The van der Waals surface area contributed by atoms with Crippen LogP contribution in [0.2, 0.25) is 0 Å². The van der Waals surface area contributed by atoms with Crippen molar-refractivity contribution in [3.8, 4) is 5.75 Å². The smallest absolute Gasteiger partial charge is 0.356 e. The first-order valence-electron chi connectivity index (χ1n) is 6.74. The molecule has 0 spiro atoms. The fraction of sp³-hybridized carbons (Fsp3) is 0.214. The maximum Gasteiger partial charge on any atom is 0.356 e. The predicted octanol–water partition coefficient (Wildman–Crippen LogP) is 1.16. The molecule has 1 fully saturated rings. The number of hydrogen-bond donors (Lipinski definition) is 2. The largest absolute Gasteiger partial charge is 0.487 e. The van der Waals surface area contributed by atoms with Gasteiger partial charge in [0.05, 0.1) is 0 Å². The molecule has 1 aromatic carbocycles. The number of ether oxygens (including phenoxy) is 1. The number of nitrogens with one attached hydrogen (secondary N) is 2. The van der Waals surface area contributed by atoms with E-state index in [4.69, 9.17) is 4.74 Å². The molecular weight excluding hydrogens is 284 g/mol. The molecule has 8 heteroatoms. The molecule has 0 bridgehead atoms. The maximum absolute atomic E-state index is 12.0. The normalized spacial score (nSPS) is 14.5. The Morgan fingerprint density at radius 2 is 1.95 bits per heavy atom. The van der Waals surface area contributed by atoms with E-state index >= 15 is 0 Å². The minimum absolute atomic E-state index is 0.212. The lowest BCUT2D eigenvalue weighted by atomic mass is 10.2. The van der Waals surface area contributed by atoms with Crippen LogP contribution in [0.1, 0.15) is 11.3 Å². The Morgan fingerprint density at radius 3 is 2.68 bits per heavy atom. The number of hydrazine groups is 3. The first kappa shape index (κ1) is 14.2. The van der Waals surface area contributed by atoms with E-state index in [-0.39, 0.29) is 12.6 Å². The van der Waals surface area contributed by atoms with Gasteiger partial charge in [-0.25, -0.2) is 14.8 Å². The second kappa shape index (κ2) is 5.96. The molecule has 22 heavy (non-hydrogen) atoms. The molecule has 8 nitrogen and oxygen atoms in total. The van der Waals surface area contributed by atoms with Gasteiger partial charge in [0.1, 0.15) is 18.1 Å². The summed E-state index contributed by atoms with van der Waals surface area (Å²) in [7, 11) is 1.61. The number of benzene rings is 1. The molecule has 1 aromatic heterocycles. The van der Waals surface area contributed by atoms with Crippen LogP contribution in [0.25, 0.3) is 0 Å². The number of urea groups is 1. The highest BCUT2D eigenvalue weighted by Crippen LogP contribution is 2.21. The third-order valence-electron chi connectivity index (χ3n) is 3.23. The highest BCUT2D eigenvalue weighted by molar-refractivity contribution is 5.91. The van der Waals surface area contributed by atoms with Crippen LogP contribution >= 0.6 is 0 Å². The van der Waals surface area contributed by atoms with Crippen LogP contribution in [-0.4, -0.2) is 28.1 Å². The van der Waals surface area contributed by atoms with Gasteiger partial charge in [-0.05, 0) is 18.6 Å². The summed E-state index contributed by atoms with van der Waals surface area (Å²) in [5, 5.41) is 2.59. The first-order chi connectivity index (χ1) is 10.7. The fourth-order valence-corrected chi connectivity index (χ4v) is 2.03. The van der Waals surface area contributed by atoms with E-state index in [1.165, 1.54) is 16.2 Å². The first-order valence-corrected chi connectivity index (χ1v) is 6.74. The van der Waals surface area contributed by atoms with Gasteiger partial charge in [0, 0.05) is 19.4 Å². The van der Waals surface area contributed by atoms with Gasteiger partial charge in [-0.1, -0.05) is 18.2 Å². The highest BCUT2D eigenvalue weighted by atomic mass is 16.5. The molecule has 2 N–H and O–H groups in total. The quantitative estimate of drug-likeness (QED) is 0.881. The number of aromatic nitrogens is 2. The summed E-state index contributed by atoms with van der Waals surface area (Å²) >= 11 is 0. The zero-order valence-electron chi connectivity index (χ0n) is 12.3.